The first-order valence-corrected chi connectivity index (χ1v) is 7.17. The SMILES string of the molecule is COc1cc(Br)ccc1CN1Cc2ccccc2C1. The fraction of sp³-hybridized carbons (Fsp3) is 0.250. The van der Waals surface area contributed by atoms with Crippen LogP contribution in [0.4, 0.5) is 0 Å². The summed E-state index contributed by atoms with van der Waals surface area (Å²) < 4.78 is 6.51. The molecule has 0 aromatic heterocycles. The minimum Gasteiger partial charge on any atom is -0.496 e. The Bertz CT molecular complexity index is 572. The standard InChI is InChI=1S/C16H16BrNO/c1-19-16-8-15(17)7-6-14(16)11-18-9-12-4-2-3-5-13(12)10-18/h2-8H,9-11H2,1H3. The highest BCUT2D eigenvalue weighted by Crippen LogP contribution is 2.28. The number of benzene rings is 2. The lowest BCUT2D eigenvalue weighted by Crippen LogP contribution is -2.16. The van der Waals surface area contributed by atoms with Crippen molar-refractivity contribution >= 4 is 15.9 Å². The molecule has 3 heteroatoms. The van der Waals surface area contributed by atoms with Crippen LogP contribution in [-0.2, 0) is 19.6 Å². The summed E-state index contributed by atoms with van der Waals surface area (Å²) in [5, 5.41) is 0. The average Bonchev–Trinajstić information content (AvgIpc) is 2.83. The quantitative estimate of drug-likeness (QED) is 0.849. The lowest BCUT2D eigenvalue weighted by molar-refractivity contribution is 0.270. The van der Waals surface area contributed by atoms with Crippen molar-refractivity contribution in [3.63, 3.8) is 0 Å². The van der Waals surface area contributed by atoms with E-state index in [1.165, 1.54) is 16.7 Å². The Morgan fingerprint density at radius 1 is 1.11 bits per heavy atom. The normalized spacial score (nSPS) is 14.4. The van der Waals surface area contributed by atoms with E-state index >= 15 is 0 Å². The van der Waals surface area contributed by atoms with Crippen LogP contribution in [0.3, 0.4) is 0 Å². The van der Waals surface area contributed by atoms with Crippen LogP contribution in [0.1, 0.15) is 16.7 Å². The number of hydrogen-bond acceptors (Lipinski definition) is 2. The van der Waals surface area contributed by atoms with E-state index in [9.17, 15) is 0 Å². The fourth-order valence-electron chi connectivity index (χ4n) is 2.61. The van der Waals surface area contributed by atoms with Gasteiger partial charge in [0.1, 0.15) is 5.75 Å². The van der Waals surface area contributed by atoms with Gasteiger partial charge in [-0.25, -0.2) is 0 Å². The van der Waals surface area contributed by atoms with Gasteiger partial charge in [0.25, 0.3) is 0 Å². The molecule has 2 aromatic carbocycles. The Morgan fingerprint density at radius 3 is 2.42 bits per heavy atom. The molecule has 1 heterocycles. The second kappa shape index (κ2) is 5.35. The first kappa shape index (κ1) is 12.7. The van der Waals surface area contributed by atoms with Crippen LogP contribution in [0.15, 0.2) is 46.9 Å². The maximum absolute atomic E-state index is 5.46. The van der Waals surface area contributed by atoms with Gasteiger partial charge < -0.3 is 4.74 Å². The molecule has 1 aliphatic heterocycles. The third-order valence-corrected chi connectivity index (χ3v) is 4.04. The zero-order chi connectivity index (χ0) is 13.2. The van der Waals surface area contributed by atoms with E-state index in [0.29, 0.717) is 0 Å². The van der Waals surface area contributed by atoms with Gasteiger partial charge in [0.15, 0.2) is 0 Å². The van der Waals surface area contributed by atoms with Crippen LogP contribution >= 0.6 is 15.9 Å². The van der Waals surface area contributed by atoms with Gasteiger partial charge in [-0.05, 0) is 23.3 Å². The molecule has 0 fully saturated rings. The highest BCUT2D eigenvalue weighted by molar-refractivity contribution is 9.10. The zero-order valence-electron chi connectivity index (χ0n) is 10.9. The number of hydrogen-bond donors (Lipinski definition) is 0. The summed E-state index contributed by atoms with van der Waals surface area (Å²) in [5.74, 6) is 0.949. The third-order valence-electron chi connectivity index (χ3n) is 3.55. The lowest BCUT2D eigenvalue weighted by Gasteiger charge is -2.17. The molecule has 19 heavy (non-hydrogen) atoms. The van der Waals surface area contributed by atoms with E-state index < -0.39 is 0 Å². The number of ether oxygens (including phenoxy) is 1. The maximum Gasteiger partial charge on any atom is 0.124 e. The number of nitrogens with zero attached hydrogens (tertiary/aromatic N) is 1. The van der Waals surface area contributed by atoms with Crippen LogP contribution in [0, 0.1) is 0 Å². The lowest BCUT2D eigenvalue weighted by atomic mass is 10.1. The Labute approximate surface area is 122 Å². The number of fused-ring (bicyclic) bond motifs is 1. The van der Waals surface area contributed by atoms with Crippen molar-refractivity contribution < 1.29 is 4.74 Å². The summed E-state index contributed by atoms with van der Waals surface area (Å²) in [6.45, 7) is 2.97. The van der Waals surface area contributed by atoms with Gasteiger partial charge in [-0.1, -0.05) is 46.3 Å². The Balaban J connectivity index is 1.77. The molecule has 0 saturated heterocycles. The topological polar surface area (TPSA) is 12.5 Å². The second-order valence-electron chi connectivity index (χ2n) is 4.87. The summed E-state index contributed by atoms with van der Waals surface area (Å²) in [5.41, 5.74) is 4.12. The monoisotopic (exact) mass is 317 g/mol. The van der Waals surface area contributed by atoms with E-state index in [0.717, 1.165) is 29.9 Å². The summed E-state index contributed by atoms with van der Waals surface area (Å²) in [4.78, 5) is 2.44. The van der Waals surface area contributed by atoms with Gasteiger partial charge in [0.05, 0.1) is 7.11 Å². The van der Waals surface area contributed by atoms with Crippen molar-refractivity contribution in [2.75, 3.05) is 7.11 Å². The molecule has 2 aromatic rings. The summed E-state index contributed by atoms with van der Waals surface area (Å²) in [7, 11) is 1.73. The van der Waals surface area contributed by atoms with Crippen molar-refractivity contribution in [3.8, 4) is 5.75 Å². The Morgan fingerprint density at radius 2 is 1.79 bits per heavy atom. The average molecular weight is 318 g/mol. The van der Waals surface area contributed by atoms with E-state index in [4.69, 9.17) is 4.74 Å². The predicted molar refractivity (Wildman–Crippen MR) is 80.1 cm³/mol. The van der Waals surface area contributed by atoms with Crippen molar-refractivity contribution in [2.45, 2.75) is 19.6 Å². The van der Waals surface area contributed by atoms with Gasteiger partial charge in [0.2, 0.25) is 0 Å². The molecular formula is C16H16BrNO. The highest BCUT2D eigenvalue weighted by atomic mass is 79.9. The first-order chi connectivity index (χ1) is 9.26. The van der Waals surface area contributed by atoms with Crippen LogP contribution in [0.5, 0.6) is 5.75 Å². The van der Waals surface area contributed by atoms with Crippen LogP contribution in [0.25, 0.3) is 0 Å². The van der Waals surface area contributed by atoms with Crippen molar-refractivity contribution in [3.05, 3.63) is 63.6 Å². The zero-order valence-corrected chi connectivity index (χ0v) is 12.5. The number of halogens is 1. The molecule has 0 aliphatic carbocycles. The van der Waals surface area contributed by atoms with Crippen molar-refractivity contribution in [1.82, 2.24) is 4.90 Å². The molecule has 0 spiro atoms. The fourth-order valence-corrected chi connectivity index (χ4v) is 2.95. The van der Waals surface area contributed by atoms with Gasteiger partial charge in [-0.15, -0.1) is 0 Å². The molecule has 1 aliphatic rings. The molecular weight excluding hydrogens is 302 g/mol. The van der Waals surface area contributed by atoms with Crippen LogP contribution in [0.2, 0.25) is 0 Å². The summed E-state index contributed by atoms with van der Waals surface area (Å²) in [6.07, 6.45) is 0. The second-order valence-corrected chi connectivity index (χ2v) is 5.79. The van der Waals surface area contributed by atoms with Crippen molar-refractivity contribution in [1.29, 1.82) is 0 Å². The third kappa shape index (κ3) is 2.67. The molecule has 0 atom stereocenters. The largest absolute Gasteiger partial charge is 0.496 e. The molecule has 2 nitrogen and oxygen atoms in total. The highest BCUT2D eigenvalue weighted by Gasteiger charge is 2.19. The molecule has 98 valence electrons. The first-order valence-electron chi connectivity index (χ1n) is 6.38. The minimum atomic E-state index is 0.922. The van der Waals surface area contributed by atoms with Crippen molar-refractivity contribution in [2.24, 2.45) is 0 Å². The predicted octanol–water partition coefficient (Wildman–Crippen LogP) is 3.97. The van der Waals surface area contributed by atoms with Gasteiger partial charge in [-0.3, -0.25) is 4.90 Å². The smallest absolute Gasteiger partial charge is 0.124 e. The van der Waals surface area contributed by atoms with Crippen LogP contribution in [-0.4, -0.2) is 12.0 Å². The van der Waals surface area contributed by atoms with E-state index in [-0.39, 0.29) is 0 Å². The maximum atomic E-state index is 5.46. The molecule has 0 unspecified atom stereocenters. The van der Waals surface area contributed by atoms with Gasteiger partial charge >= 0.3 is 0 Å². The molecule has 0 saturated carbocycles. The molecule has 0 radical (unpaired) electrons. The molecule has 3 rings (SSSR count). The van der Waals surface area contributed by atoms with E-state index in [1.807, 2.05) is 6.07 Å². The minimum absolute atomic E-state index is 0.922. The van der Waals surface area contributed by atoms with Crippen LogP contribution < -0.4 is 4.74 Å². The Hall–Kier alpha value is -1.32. The van der Waals surface area contributed by atoms with E-state index in [1.54, 1.807) is 7.11 Å². The summed E-state index contributed by atoms with van der Waals surface area (Å²) in [6, 6.07) is 14.9. The number of methoxy groups -OCH3 is 1. The Kier molecular flexibility index (Phi) is 3.58. The van der Waals surface area contributed by atoms with E-state index in [2.05, 4.69) is 57.2 Å². The molecule has 0 amide bonds. The summed E-state index contributed by atoms with van der Waals surface area (Å²) >= 11 is 3.48. The molecule has 0 bridgehead atoms. The van der Waals surface area contributed by atoms with Gasteiger partial charge in [0, 0.05) is 29.7 Å². The van der Waals surface area contributed by atoms with Gasteiger partial charge in [-0.2, -0.15) is 0 Å². The number of rotatable bonds is 3. The molecule has 0 N–H and O–H groups in total.